The Labute approximate surface area is 171 Å². The summed E-state index contributed by atoms with van der Waals surface area (Å²) in [6.07, 6.45) is 0. The normalized spacial score (nSPS) is 11.8. The van der Waals surface area contributed by atoms with Gasteiger partial charge in [0.15, 0.2) is 0 Å². The molecule has 0 heterocycles. The van der Waals surface area contributed by atoms with Gasteiger partial charge in [-0.2, -0.15) is 0 Å². The number of hydrogen-bond acceptors (Lipinski definition) is 3. The van der Waals surface area contributed by atoms with Crippen molar-refractivity contribution in [1.29, 1.82) is 0 Å². The van der Waals surface area contributed by atoms with Crippen molar-refractivity contribution >= 4 is 23.4 Å². The van der Waals surface area contributed by atoms with E-state index < -0.39 is 6.04 Å². The fraction of sp³-hybridized carbons (Fsp3) is 0.364. The summed E-state index contributed by atoms with van der Waals surface area (Å²) in [6.45, 7) is 6.16. The van der Waals surface area contributed by atoms with Crippen LogP contribution in [-0.2, 0) is 22.7 Å². The van der Waals surface area contributed by atoms with E-state index in [1.165, 1.54) is 0 Å². The van der Waals surface area contributed by atoms with Crippen molar-refractivity contribution in [2.45, 2.75) is 39.9 Å². The van der Waals surface area contributed by atoms with Crippen molar-refractivity contribution in [2.24, 2.45) is 5.92 Å². The number of amides is 2. The van der Waals surface area contributed by atoms with Gasteiger partial charge in [0.1, 0.15) is 11.8 Å². The molecule has 6 heteroatoms. The molecule has 0 bridgehead atoms. The first kappa shape index (κ1) is 21.8. The summed E-state index contributed by atoms with van der Waals surface area (Å²) >= 11 is 5.89. The van der Waals surface area contributed by atoms with Gasteiger partial charge < -0.3 is 15.0 Å². The van der Waals surface area contributed by atoms with Crippen LogP contribution in [0.25, 0.3) is 0 Å². The molecule has 0 aliphatic heterocycles. The monoisotopic (exact) mass is 402 g/mol. The fourth-order valence-corrected chi connectivity index (χ4v) is 2.87. The molecule has 0 radical (unpaired) electrons. The van der Waals surface area contributed by atoms with Crippen molar-refractivity contribution in [3.8, 4) is 5.75 Å². The SMILES string of the molecule is COc1ccc(CN(C(=O)C(C)C)[C@H](C)C(=O)NCc2ccc(Cl)cc2)cc1. The van der Waals surface area contributed by atoms with Gasteiger partial charge in [-0.05, 0) is 42.3 Å². The van der Waals surface area contributed by atoms with Crippen molar-refractivity contribution in [1.82, 2.24) is 10.2 Å². The molecule has 1 N–H and O–H groups in total. The smallest absolute Gasteiger partial charge is 0.242 e. The summed E-state index contributed by atoms with van der Waals surface area (Å²) in [7, 11) is 1.61. The molecule has 28 heavy (non-hydrogen) atoms. The number of nitrogens with one attached hydrogen (secondary N) is 1. The number of methoxy groups -OCH3 is 1. The van der Waals surface area contributed by atoms with Crippen LogP contribution in [0.15, 0.2) is 48.5 Å². The molecule has 2 aromatic rings. The molecular weight excluding hydrogens is 376 g/mol. The van der Waals surface area contributed by atoms with Gasteiger partial charge in [0.25, 0.3) is 0 Å². The molecule has 2 rings (SSSR count). The lowest BCUT2D eigenvalue weighted by Crippen LogP contribution is -2.48. The van der Waals surface area contributed by atoms with Crippen LogP contribution in [0.2, 0.25) is 5.02 Å². The maximum Gasteiger partial charge on any atom is 0.242 e. The van der Waals surface area contributed by atoms with Gasteiger partial charge >= 0.3 is 0 Å². The number of hydrogen-bond donors (Lipinski definition) is 1. The third-order valence-electron chi connectivity index (χ3n) is 4.52. The van der Waals surface area contributed by atoms with Gasteiger partial charge in [0.05, 0.1) is 7.11 Å². The summed E-state index contributed by atoms with van der Waals surface area (Å²) in [5, 5.41) is 3.55. The van der Waals surface area contributed by atoms with E-state index in [1.54, 1.807) is 31.1 Å². The molecule has 0 aliphatic rings. The molecular formula is C22H27ClN2O3. The summed E-state index contributed by atoms with van der Waals surface area (Å²) in [5.74, 6) is 0.284. The highest BCUT2D eigenvalue weighted by atomic mass is 35.5. The number of halogens is 1. The summed E-state index contributed by atoms with van der Waals surface area (Å²) < 4.78 is 5.17. The Morgan fingerprint density at radius 3 is 2.11 bits per heavy atom. The van der Waals surface area contributed by atoms with Crippen LogP contribution in [0.4, 0.5) is 0 Å². The van der Waals surface area contributed by atoms with Gasteiger partial charge in [0, 0.05) is 24.0 Å². The minimum absolute atomic E-state index is 0.0649. The van der Waals surface area contributed by atoms with Crippen molar-refractivity contribution in [3.05, 3.63) is 64.7 Å². The number of benzene rings is 2. The van der Waals surface area contributed by atoms with Gasteiger partial charge in [-0.15, -0.1) is 0 Å². The third-order valence-corrected chi connectivity index (χ3v) is 4.77. The molecule has 2 amide bonds. The van der Waals surface area contributed by atoms with E-state index in [0.29, 0.717) is 18.1 Å². The molecule has 5 nitrogen and oxygen atoms in total. The Morgan fingerprint density at radius 1 is 1.00 bits per heavy atom. The predicted octanol–water partition coefficient (Wildman–Crippen LogP) is 4.04. The van der Waals surface area contributed by atoms with Crippen LogP contribution in [0.1, 0.15) is 31.9 Å². The standard InChI is InChI=1S/C22H27ClN2O3/c1-15(2)22(27)25(14-18-7-11-20(28-4)12-8-18)16(3)21(26)24-13-17-5-9-19(23)10-6-17/h5-12,15-16H,13-14H2,1-4H3,(H,24,26)/t16-/m1/s1. The van der Waals surface area contributed by atoms with Crippen LogP contribution in [0.3, 0.4) is 0 Å². The van der Waals surface area contributed by atoms with E-state index in [0.717, 1.165) is 16.9 Å². The summed E-state index contributed by atoms with van der Waals surface area (Å²) in [5.41, 5.74) is 1.88. The largest absolute Gasteiger partial charge is 0.497 e. The maximum absolute atomic E-state index is 12.7. The molecule has 0 fully saturated rings. The number of ether oxygens (including phenoxy) is 1. The zero-order chi connectivity index (χ0) is 20.7. The first-order valence-corrected chi connectivity index (χ1v) is 9.65. The van der Waals surface area contributed by atoms with E-state index >= 15 is 0 Å². The molecule has 150 valence electrons. The molecule has 0 aliphatic carbocycles. The molecule has 0 spiro atoms. The zero-order valence-electron chi connectivity index (χ0n) is 16.7. The Bertz CT molecular complexity index is 788. The number of nitrogens with zero attached hydrogens (tertiary/aromatic N) is 1. The second-order valence-electron chi connectivity index (χ2n) is 6.99. The van der Waals surface area contributed by atoms with Crippen LogP contribution in [-0.4, -0.2) is 29.9 Å². The molecule has 0 unspecified atom stereocenters. The average Bonchev–Trinajstić information content (AvgIpc) is 2.70. The molecule has 1 atom stereocenters. The lowest BCUT2D eigenvalue weighted by molar-refractivity contribution is -0.143. The van der Waals surface area contributed by atoms with Crippen LogP contribution >= 0.6 is 11.6 Å². The summed E-state index contributed by atoms with van der Waals surface area (Å²) in [4.78, 5) is 27.0. The first-order chi connectivity index (χ1) is 13.3. The Balaban J connectivity index is 2.08. The van der Waals surface area contributed by atoms with Gasteiger partial charge in [-0.25, -0.2) is 0 Å². The van der Waals surface area contributed by atoms with Crippen LogP contribution in [0, 0.1) is 5.92 Å². The fourth-order valence-electron chi connectivity index (χ4n) is 2.75. The Morgan fingerprint density at radius 2 is 1.57 bits per heavy atom. The van der Waals surface area contributed by atoms with Crippen molar-refractivity contribution < 1.29 is 14.3 Å². The Kier molecular flexibility index (Phi) is 7.88. The van der Waals surface area contributed by atoms with E-state index in [-0.39, 0.29) is 17.7 Å². The zero-order valence-corrected chi connectivity index (χ0v) is 17.5. The van der Waals surface area contributed by atoms with E-state index in [9.17, 15) is 9.59 Å². The van der Waals surface area contributed by atoms with E-state index in [4.69, 9.17) is 16.3 Å². The van der Waals surface area contributed by atoms with Gasteiger partial charge in [-0.1, -0.05) is 49.7 Å². The quantitative estimate of drug-likeness (QED) is 0.725. The molecule has 2 aromatic carbocycles. The maximum atomic E-state index is 12.7. The molecule has 0 saturated carbocycles. The lowest BCUT2D eigenvalue weighted by atomic mass is 10.1. The van der Waals surface area contributed by atoms with Crippen LogP contribution in [0.5, 0.6) is 5.75 Å². The average molecular weight is 403 g/mol. The minimum atomic E-state index is -0.593. The number of rotatable bonds is 8. The lowest BCUT2D eigenvalue weighted by Gasteiger charge is -2.30. The second kappa shape index (κ2) is 10.1. The highest BCUT2D eigenvalue weighted by Gasteiger charge is 2.27. The van der Waals surface area contributed by atoms with Crippen molar-refractivity contribution in [2.75, 3.05) is 7.11 Å². The number of carbonyl (C=O) groups excluding carboxylic acids is 2. The highest BCUT2D eigenvalue weighted by molar-refractivity contribution is 6.30. The first-order valence-electron chi connectivity index (χ1n) is 9.27. The molecule has 0 saturated heterocycles. The van der Waals surface area contributed by atoms with E-state index in [1.807, 2.05) is 50.2 Å². The van der Waals surface area contributed by atoms with Gasteiger partial charge in [0.2, 0.25) is 11.8 Å². The van der Waals surface area contributed by atoms with Crippen molar-refractivity contribution in [3.63, 3.8) is 0 Å². The third kappa shape index (κ3) is 5.99. The summed E-state index contributed by atoms with van der Waals surface area (Å²) in [6, 6.07) is 14.2. The van der Waals surface area contributed by atoms with Gasteiger partial charge in [-0.3, -0.25) is 9.59 Å². The van der Waals surface area contributed by atoms with E-state index in [2.05, 4.69) is 5.32 Å². The predicted molar refractivity (Wildman–Crippen MR) is 111 cm³/mol. The second-order valence-corrected chi connectivity index (χ2v) is 7.43. The Hall–Kier alpha value is -2.53. The number of carbonyl (C=O) groups is 2. The minimum Gasteiger partial charge on any atom is -0.497 e. The molecule has 0 aromatic heterocycles. The van der Waals surface area contributed by atoms with Crippen LogP contribution < -0.4 is 10.1 Å². The topological polar surface area (TPSA) is 58.6 Å². The highest BCUT2D eigenvalue weighted by Crippen LogP contribution is 2.17.